The first-order chi connectivity index (χ1) is 11.6. The molecule has 0 radical (unpaired) electrons. The maximum absolute atomic E-state index is 8.14. The first kappa shape index (κ1) is 26.3. The Balaban J connectivity index is 0. The van der Waals surface area contributed by atoms with Crippen molar-refractivity contribution >= 4 is 0 Å². The van der Waals surface area contributed by atoms with E-state index in [1.165, 1.54) is 6.42 Å². The van der Waals surface area contributed by atoms with Gasteiger partial charge in [0.05, 0.1) is 5.69 Å². The molecule has 1 aromatic heterocycles. The van der Waals surface area contributed by atoms with Gasteiger partial charge in [0.1, 0.15) is 0 Å². The lowest BCUT2D eigenvalue weighted by molar-refractivity contribution is 0.233. The predicted molar refractivity (Wildman–Crippen MR) is 109 cm³/mol. The van der Waals surface area contributed by atoms with Crippen LogP contribution in [0.1, 0.15) is 81.4 Å². The minimum atomic E-state index is 0.268. The highest BCUT2D eigenvalue weighted by Crippen LogP contribution is 2.26. The topological polar surface area (TPSA) is 63.0 Å². The number of nitrogens with one attached hydrogen (secondary N) is 1. The van der Waals surface area contributed by atoms with Crippen molar-refractivity contribution in [3.05, 3.63) is 11.9 Å². The summed E-state index contributed by atoms with van der Waals surface area (Å²) in [5.74, 6) is 1.15. The van der Waals surface area contributed by atoms with Gasteiger partial charge in [-0.05, 0) is 23.7 Å². The fourth-order valence-electron chi connectivity index (χ4n) is 2.41. The van der Waals surface area contributed by atoms with Crippen LogP contribution < -0.4 is 5.32 Å². The maximum atomic E-state index is 8.14. The molecule has 0 saturated carbocycles. The van der Waals surface area contributed by atoms with Crippen molar-refractivity contribution in [2.45, 2.75) is 94.8 Å². The molecular formula is C20H44N4O. The molecule has 0 fully saturated rings. The summed E-state index contributed by atoms with van der Waals surface area (Å²) < 4.78 is 1.97. The van der Waals surface area contributed by atoms with Crippen LogP contribution in [0.15, 0.2) is 6.20 Å². The van der Waals surface area contributed by atoms with Gasteiger partial charge in [0, 0.05) is 31.9 Å². The fraction of sp³-hybridized carbons (Fsp3) is 0.900. The summed E-state index contributed by atoms with van der Waals surface area (Å²) in [5.41, 5.74) is 1.29. The largest absolute Gasteiger partial charge is 0.396 e. The van der Waals surface area contributed by atoms with E-state index < -0.39 is 0 Å². The number of hydrogen-bond donors (Lipinski definition) is 2. The van der Waals surface area contributed by atoms with Crippen LogP contribution in [0.3, 0.4) is 0 Å². The molecule has 0 bridgehead atoms. The monoisotopic (exact) mass is 356 g/mol. The summed E-state index contributed by atoms with van der Waals surface area (Å²) >= 11 is 0. The van der Waals surface area contributed by atoms with E-state index in [9.17, 15) is 0 Å². The molecule has 150 valence electrons. The van der Waals surface area contributed by atoms with Crippen molar-refractivity contribution < 1.29 is 5.11 Å². The third-order valence-electron chi connectivity index (χ3n) is 3.19. The van der Waals surface area contributed by atoms with Crippen molar-refractivity contribution in [3.8, 4) is 0 Å². The molecule has 0 aromatic carbocycles. The van der Waals surface area contributed by atoms with Crippen LogP contribution in [0.4, 0.5) is 0 Å². The standard InChI is InChI=1S/C14H28N4.C4H10O.C2H6/c1-11(2)7-14(5,6)10-18-9-13(16-17-18)8-15-12(3)4;1-4(2)3-5;1-2/h9,11-12,15H,7-8,10H2,1-6H3;4-5H,3H2,1-2H3;1-2H3. The zero-order chi connectivity index (χ0) is 20.0. The lowest BCUT2D eigenvalue weighted by atomic mass is 9.84. The van der Waals surface area contributed by atoms with Gasteiger partial charge in [0.15, 0.2) is 0 Å². The summed E-state index contributed by atoms with van der Waals surface area (Å²) in [6, 6.07) is 0.479. The van der Waals surface area contributed by atoms with E-state index in [0.717, 1.165) is 18.8 Å². The Morgan fingerprint density at radius 1 is 1.08 bits per heavy atom. The van der Waals surface area contributed by atoms with Crippen LogP contribution in [0.2, 0.25) is 0 Å². The highest BCUT2D eigenvalue weighted by atomic mass is 16.3. The second-order valence-corrected chi connectivity index (χ2v) is 8.28. The highest BCUT2D eigenvalue weighted by molar-refractivity contribution is 4.92. The molecule has 0 saturated heterocycles. The lowest BCUT2D eigenvalue weighted by Crippen LogP contribution is -2.22. The molecule has 1 heterocycles. The number of nitrogens with zero attached hydrogens (tertiary/aromatic N) is 3. The van der Waals surface area contributed by atoms with Crippen molar-refractivity contribution in [1.82, 2.24) is 20.3 Å². The first-order valence-corrected chi connectivity index (χ1v) is 9.79. The van der Waals surface area contributed by atoms with Gasteiger partial charge < -0.3 is 10.4 Å². The summed E-state index contributed by atoms with van der Waals surface area (Å²) in [4.78, 5) is 0. The number of aliphatic hydroxyl groups excluding tert-OH is 1. The van der Waals surface area contributed by atoms with E-state index in [4.69, 9.17) is 5.11 Å². The van der Waals surface area contributed by atoms with Crippen LogP contribution in [0.25, 0.3) is 0 Å². The Bertz CT molecular complexity index is 412. The van der Waals surface area contributed by atoms with E-state index in [0.29, 0.717) is 24.5 Å². The predicted octanol–water partition coefficient (Wildman–Crippen LogP) is 4.51. The molecule has 1 rings (SSSR count). The summed E-state index contributed by atoms with van der Waals surface area (Å²) in [6.07, 6.45) is 3.25. The average molecular weight is 357 g/mol. The van der Waals surface area contributed by atoms with Crippen LogP contribution in [0, 0.1) is 17.3 Å². The van der Waals surface area contributed by atoms with Gasteiger partial charge in [0.2, 0.25) is 0 Å². The molecule has 0 aliphatic heterocycles. The van der Waals surface area contributed by atoms with Gasteiger partial charge in [-0.1, -0.05) is 74.5 Å². The number of rotatable bonds is 8. The third-order valence-corrected chi connectivity index (χ3v) is 3.19. The molecule has 1 aromatic rings. The minimum absolute atomic E-state index is 0.268. The molecule has 2 N–H and O–H groups in total. The molecule has 25 heavy (non-hydrogen) atoms. The fourth-order valence-corrected chi connectivity index (χ4v) is 2.41. The quantitative estimate of drug-likeness (QED) is 0.719. The molecular weight excluding hydrogens is 312 g/mol. The van der Waals surface area contributed by atoms with Gasteiger partial charge in [0.25, 0.3) is 0 Å². The van der Waals surface area contributed by atoms with E-state index in [1.54, 1.807) is 0 Å². The Morgan fingerprint density at radius 2 is 1.60 bits per heavy atom. The van der Waals surface area contributed by atoms with E-state index >= 15 is 0 Å². The van der Waals surface area contributed by atoms with Gasteiger partial charge in [-0.3, -0.25) is 4.68 Å². The molecule has 0 aliphatic rings. The molecule has 5 heteroatoms. The van der Waals surface area contributed by atoms with Crippen molar-refractivity contribution in [2.75, 3.05) is 6.61 Å². The number of aromatic nitrogens is 3. The Labute approximate surface area is 156 Å². The van der Waals surface area contributed by atoms with Gasteiger partial charge in [-0.25, -0.2) is 0 Å². The Hall–Kier alpha value is -0.940. The molecule has 0 amide bonds. The second-order valence-electron chi connectivity index (χ2n) is 8.28. The maximum Gasteiger partial charge on any atom is 0.0964 e. The average Bonchev–Trinajstić information content (AvgIpc) is 2.93. The van der Waals surface area contributed by atoms with Crippen molar-refractivity contribution in [3.63, 3.8) is 0 Å². The molecule has 0 spiro atoms. The van der Waals surface area contributed by atoms with E-state index in [-0.39, 0.29) is 5.41 Å². The lowest BCUT2D eigenvalue weighted by Gasteiger charge is -2.26. The smallest absolute Gasteiger partial charge is 0.0964 e. The number of hydrogen-bond acceptors (Lipinski definition) is 4. The normalized spacial score (nSPS) is 11.3. The van der Waals surface area contributed by atoms with Crippen LogP contribution in [0.5, 0.6) is 0 Å². The number of aliphatic hydroxyl groups is 1. The molecule has 5 nitrogen and oxygen atoms in total. The summed E-state index contributed by atoms with van der Waals surface area (Å²) in [6.45, 7) is 23.4. The second kappa shape index (κ2) is 14.3. The zero-order valence-electron chi connectivity index (χ0n) is 18.4. The Morgan fingerprint density at radius 3 is 2.00 bits per heavy atom. The zero-order valence-corrected chi connectivity index (χ0v) is 18.4. The molecule has 0 atom stereocenters. The van der Waals surface area contributed by atoms with Gasteiger partial charge in [-0.15, -0.1) is 5.10 Å². The van der Waals surface area contributed by atoms with Gasteiger partial charge >= 0.3 is 0 Å². The minimum Gasteiger partial charge on any atom is -0.396 e. The summed E-state index contributed by atoms with van der Waals surface area (Å²) in [7, 11) is 0. The van der Waals surface area contributed by atoms with Crippen molar-refractivity contribution in [2.24, 2.45) is 17.3 Å². The Kier molecular flexibility index (Phi) is 15.0. The van der Waals surface area contributed by atoms with Crippen LogP contribution >= 0.6 is 0 Å². The van der Waals surface area contributed by atoms with Crippen LogP contribution in [-0.2, 0) is 13.1 Å². The van der Waals surface area contributed by atoms with Crippen LogP contribution in [-0.4, -0.2) is 32.7 Å². The molecule has 0 aliphatic carbocycles. The first-order valence-electron chi connectivity index (χ1n) is 9.79. The highest BCUT2D eigenvalue weighted by Gasteiger charge is 2.20. The summed E-state index contributed by atoms with van der Waals surface area (Å²) in [5, 5.41) is 19.9. The molecule has 0 unspecified atom stereocenters. The van der Waals surface area contributed by atoms with Gasteiger partial charge in [-0.2, -0.15) is 0 Å². The van der Waals surface area contributed by atoms with Crippen molar-refractivity contribution in [1.29, 1.82) is 0 Å². The van der Waals surface area contributed by atoms with E-state index in [1.807, 2.05) is 32.4 Å². The van der Waals surface area contributed by atoms with E-state index in [2.05, 4.69) is 63.4 Å². The third kappa shape index (κ3) is 16.3. The SMILES string of the molecule is CC.CC(C)CC(C)(C)Cn1cc(CNC(C)C)nn1.CC(C)CO.